The van der Waals surface area contributed by atoms with Gasteiger partial charge < -0.3 is 10.2 Å². The zero-order valence-corrected chi connectivity index (χ0v) is 23.8. The Balaban J connectivity index is 1.88. The van der Waals surface area contributed by atoms with E-state index in [0.717, 1.165) is 23.1 Å². The van der Waals surface area contributed by atoms with E-state index in [1.807, 2.05) is 67.9 Å². The first kappa shape index (κ1) is 27.9. The van der Waals surface area contributed by atoms with Crippen LogP contribution in [-0.2, 0) is 21.2 Å². The van der Waals surface area contributed by atoms with E-state index in [4.69, 9.17) is 5.10 Å². The van der Waals surface area contributed by atoms with Crippen molar-refractivity contribution >= 4 is 21.8 Å². The summed E-state index contributed by atoms with van der Waals surface area (Å²) in [5, 5.41) is 8.28. The number of hydrogen-bond donors (Lipinski definition) is 2. The molecule has 2 N–H and O–H groups in total. The molecular formula is C29H38N4O4S. The first-order valence-corrected chi connectivity index (χ1v) is 14.7. The van der Waals surface area contributed by atoms with Gasteiger partial charge in [-0.15, -0.1) is 0 Å². The summed E-state index contributed by atoms with van der Waals surface area (Å²) in [4.78, 5) is 15.8. The third kappa shape index (κ3) is 5.09. The largest absolute Gasteiger partial charge is 0.363 e. The summed E-state index contributed by atoms with van der Waals surface area (Å²) in [6.45, 7) is 11.8. The zero-order valence-electron chi connectivity index (χ0n) is 23.0. The fraction of sp³-hybridized carbons (Fsp3) is 0.448. The van der Waals surface area contributed by atoms with Gasteiger partial charge in [-0.2, -0.15) is 13.5 Å². The van der Waals surface area contributed by atoms with Crippen molar-refractivity contribution in [3.63, 3.8) is 0 Å². The van der Waals surface area contributed by atoms with E-state index in [1.54, 1.807) is 6.92 Å². The van der Waals surface area contributed by atoms with E-state index in [1.165, 1.54) is 4.90 Å². The molecule has 0 spiro atoms. The predicted octanol–water partition coefficient (Wildman–Crippen LogP) is 5.79. The maximum absolute atomic E-state index is 14.5. The number of aryl methyl sites for hydroxylation is 2. The van der Waals surface area contributed by atoms with Gasteiger partial charge in [-0.1, -0.05) is 74.0 Å². The molecule has 38 heavy (non-hydrogen) atoms. The Labute approximate surface area is 225 Å². The number of benzene rings is 2. The second kappa shape index (κ2) is 10.2. The average Bonchev–Trinajstić information content (AvgIpc) is 3.21. The molecule has 4 rings (SSSR count). The van der Waals surface area contributed by atoms with Crippen LogP contribution in [0.4, 0.5) is 5.82 Å². The highest BCUT2D eigenvalue weighted by Crippen LogP contribution is 2.43. The number of rotatable bonds is 8. The van der Waals surface area contributed by atoms with Crippen LogP contribution in [-0.4, -0.2) is 39.4 Å². The van der Waals surface area contributed by atoms with Crippen molar-refractivity contribution < 1.29 is 17.8 Å². The van der Waals surface area contributed by atoms with Crippen LogP contribution >= 0.6 is 0 Å². The summed E-state index contributed by atoms with van der Waals surface area (Å²) in [6.07, 6.45) is 1.68. The lowest BCUT2D eigenvalue weighted by molar-refractivity contribution is 0.0483. The summed E-state index contributed by atoms with van der Waals surface area (Å²) < 4.78 is 36.5. The average molecular weight is 539 g/mol. The van der Waals surface area contributed by atoms with Crippen LogP contribution in [0, 0.1) is 13.8 Å². The summed E-state index contributed by atoms with van der Waals surface area (Å²) in [5.74, 6) is -0.748. The van der Waals surface area contributed by atoms with Crippen LogP contribution in [0.1, 0.15) is 85.7 Å². The van der Waals surface area contributed by atoms with Crippen molar-refractivity contribution in [1.29, 1.82) is 0 Å². The number of carbonyl (C=O) groups is 1. The Morgan fingerprint density at radius 3 is 2.26 bits per heavy atom. The molecule has 1 aliphatic rings. The lowest BCUT2D eigenvalue weighted by atomic mass is 9.82. The molecule has 2 aromatic carbocycles. The van der Waals surface area contributed by atoms with E-state index in [2.05, 4.69) is 31.3 Å². The standard InChI is InChI=1S/C29H38N4O4S/c1-7-29(8-2,23-16-14-20(3)15-17-23)32(19-38(35,36)37)27(34)25-21(4)31-33-26(25)30-24(18-28(33,5)6)22-12-10-9-11-13-22/h9-17,24,30H,7-8,18-19H2,1-6H3,(H,35,36,37)/t24-/m1/s1. The molecule has 9 heteroatoms. The number of fused-ring (bicyclic) bond motifs is 1. The maximum Gasteiger partial charge on any atom is 0.283 e. The second-order valence-electron chi connectivity index (χ2n) is 10.9. The molecule has 0 radical (unpaired) electrons. The highest BCUT2D eigenvalue weighted by molar-refractivity contribution is 7.85. The second-order valence-corrected chi connectivity index (χ2v) is 12.3. The van der Waals surface area contributed by atoms with Crippen molar-refractivity contribution in [2.75, 3.05) is 11.2 Å². The lowest BCUT2D eigenvalue weighted by Crippen LogP contribution is -2.51. The highest BCUT2D eigenvalue weighted by Gasteiger charge is 2.45. The number of amides is 1. The smallest absolute Gasteiger partial charge is 0.283 e. The van der Waals surface area contributed by atoms with Gasteiger partial charge in [-0.25, -0.2) is 4.68 Å². The first-order valence-electron chi connectivity index (χ1n) is 13.1. The van der Waals surface area contributed by atoms with Gasteiger partial charge in [-0.05, 0) is 58.1 Å². The minimum absolute atomic E-state index is 0.0596. The molecule has 0 aliphatic carbocycles. The molecule has 1 aliphatic heterocycles. The minimum atomic E-state index is -4.53. The van der Waals surface area contributed by atoms with Crippen LogP contribution in [0.25, 0.3) is 0 Å². The van der Waals surface area contributed by atoms with Gasteiger partial charge in [-0.3, -0.25) is 9.35 Å². The predicted molar refractivity (Wildman–Crippen MR) is 150 cm³/mol. The number of aromatic nitrogens is 2. The number of hydrogen-bond acceptors (Lipinski definition) is 5. The van der Waals surface area contributed by atoms with Crippen LogP contribution in [0.15, 0.2) is 54.6 Å². The number of nitrogens with zero attached hydrogens (tertiary/aromatic N) is 3. The summed E-state index contributed by atoms with van der Waals surface area (Å²) in [5.41, 5.74) is 2.44. The van der Waals surface area contributed by atoms with Gasteiger partial charge in [0.25, 0.3) is 16.0 Å². The molecular weight excluding hydrogens is 500 g/mol. The normalized spacial score (nSPS) is 17.0. The Hall–Kier alpha value is -3.17. The monoisotopic (exact) mass is 538 g/mol. The van der Waals surface area contributed by atoms with Gasteiger partial charge in [0.15, 0.2) is 0 Å². The molecule has 3 aromatic rings. The number of anilines is 1. The SMILES string of the molecule is CCC(CC)(c1ccc(C)cc1)N(CS(=O)(=O)O)C(=O)c1c(C)nn2c1N[C@@H](c1ccccc1)CC2(C)C. The van der Waals surface area contributed by atoms with Gasteiger partial charge in [0.05, 0.1) is 22.8 Å². The minimum Gasteiger partial charge on any atom is -0.363 e. The topological polar surface area (TPSA) is 105 Å². The third-order valence-electron chi connectivity index (χ3n) is 7.88. The number of carbonyl (C=O) groups excluding carboxylic acids is 1. The van der Waals surface area contributed by atoms with Gasteiger partial charge >= 0.3 is 0 Å². The van der Waals surface area contributed by atoms with E-state index in [-0.39, 0.29) is 6.04 Å². The highest BCUT2D eigenvalue weighted by atomic mass is 32.2. The van der Waals surface area contributed by atoms with E-state index in [0.29, 0.717) is 29.9 Å². The molecule has 0 bridgehead atoms. The Morgan fingerprint density at radius 2 is 1.71 bits per heavy atom. The summed E-state index contributed by atoms with van der Waals surface area (Å²) in [6, 6.07) is 17.7. The van der Waals surface area contributed by atoms with Crippen molar-refractivity contribution in [2.45, 2.75) is 77.9 Å². The summed E-state index contributed by atoms with van der Waals surface area (Å²) >= 11 is 0. The van der Waals surface area contributed by atoms with Crippen LogP contribution in [0.5, 0.6) is 0 Å². The van der Waals surface area contributed by atoms with Crippen molar-refractivity contribution in [1.82, 2.24) is 14.7 Å². The fourth-order valence-electron chi connectivity index (χ4n) is 5.78. The Morgan fingerprint density at radius 1 is 1.11 bits per heavy atom. The molecule has 2 heterocycles. The van der Waals surface area contributed by atoms with E-state index < -0.39 is 33.0 Å². The van der Waals surface area contributed by atoms with Crippen molar-refractivity contribution in [3.05, 3.63) is 82.5 Å². The molecule has 1 amide bonds. The molecule has 1 aromatic heterocycles. The number of nitrogens with one attached hydrogen (secondary N) is 1. The molecule has 0 fully saturated rings. The van der Waals surface area contributed by atoms with Crippen molar-refractivity contribution in [2.24, 2.45) is 0 Å². The van der Waals surface area contributed by atoms with Crippen molar-refractivity contribution in [3.8, 4) is 0 Å². The van der Waals surface area contributed by atoms with Crippen LogP contribution in [0.2, 0.25) is 0 Å². The van der Waals surface area contributed by atoms with E-state index in [9.17, 15) is 17.8 Å². The maximum atomic E-state index is 14.5. The molecule has 8 nitrogen and oxygen atoms in total. The molecule has 1 atom stereocenters. The van der Waals surface area contributed by atoms with Gasteiger partial charge in [0.1, 0.15) is 17.3 Å². The molecule has 0 unspecified atom stereocenters. The Kier molecular flexibility index (Phi) is 7.47. The summed E-state index contributed by atoms with van der Waals surface area (Å²) in [7, 11) is -4.53. The molecule has 0 saturated carbocycles. The first-order chi connectivity index (χ1) is 17.8. The fourth-order valence-corrected chi connectivity index (χ4v) is 6.47. The third-order valence-corrected chi connectivity index (χ3v) is 8.46. The van der Waals surface area contributed by atoms with Crippen LogP contribution in [0.3, 0.4) is 0 Å². The van der Waals surface area contributed by atoms with Crippen LogP contribution < -0.4 is 5.32 Å². The quantitative estimate of drug-likeness (QED) is 0.352. The van der Waals surface area contributed by atoms with E-state index >= 15 is 0 Å². The van der Waals surface area contributed by atoms with Gasteiger partial charge in [0.2, 0.25) is 0 Å². The zero-order chi connectivity index (χ0) is 27.9. The molecule has 0 saturated heterocycles. The Bertz CT molecular complexity index is 1410. The molecule has 204 valence electrons. The van der Waals surface area contributed by atoms with Gasteiger partial charge in [0, 0.05) is 0 Å². The lowest BCUT2D eigenvalue weighted by Gasteiger charge is -2.43.